The lowest BCUT2D eigenvalue weighted by Crippen LogP contribution is -2.01. The summed E-state index contributed by atoms with van der Waals surface area (Å²) in [6.07, 6.45) is 2.49. The van der Waals surface area contributed by atoms with Crippen molar-refractivity contribution < 1.29 is 9.53 Å². The zero-order chi connectivity index (χ0) is 9.26. The van der Waals surface area contributed by atoms with Gasteiger partial charge in [-0.25, -0.2) is 0 Å². The van der Waals surface area contributed by atoms with Crippen LogP contribution in [0.2, 0.25) is 0 Å². The van der Waals surface area contributed by atoms with Crippen LogP contribution in [-0.2, 0) is 4.79 Å². The van der Waals surface area contributed by atoms with Gasteiger partial charge in [0.2, 0.25) is 0 Å². The van der Waals surface area contributed by atoms with E-state index in [0.29, 0.717) is 11.7 Å². The number of ether oxygens (including phenoxy) is 1. The molecule has 0 aliphatic heterocycles. The van der Waals surface area contributed by atoms with Gasteiger partial charge in [-0.15, -0.1) is 0 Å². The second kappa shape index (κ2) is 3.21. The first-order chi connectivity index (χ1) is 6.25. The summed E-state index contributed by atoms with van der Waals surface area (Å²) < 4.78 is 4.96. The summed E-state index contributed by atoms with van der Waals surface area (Å²) in [5.41, 5.74) is 1.23. The lowest BCUT2D eigenvalue weighted by atomic mass is 10.1. The van der Waals surface area contributed by atoms with Crippen LogP contribution in [0.25, 0.3) is 0 Å². The fraction of sp³-hybridized carbons (Fsp3) is 0.364. The first-order valence-electron chi connectivity index (χ1n) is 4.45. The lowest BCUT2D eigenvalue weighted by molar-refractivity contribution is -0.131. The van der Waals surface area contributed by atoms with Gasteiger partial charge in [-0.3, -0.25) is 4.79 Å². The molecular weight excluding hydrogens is 164 g/mol. The molecule has 1 aliphatic rings. The summed E-state index contributed by atoms with van der Waals surface area (Å²) in [6, 6.07) is 8.56. The highest BCUT2D eigenvalue weighted by Gasteiger charge is 2.23. The van der Waals surface area contributed by atoms with Gasteiger partial charge in [0.25, 0.3) is 0 Å². The highest BCUT2D eigenvalue weighted by atomic mass is 16.5. The molecule has 1 radical (unpaired) electrons. The van der Waals surface area contributed by atoms with Crippen molar-refractivity contribution in [3.8, 4) is 5.75 Å². The third kappa shape index (κ3) is 2.08. The Morgan fingerprint density at radius 2 is 2.31 bits per heavy atom. The van der Waals surface area contributed by atoms with Crippen LogP contribution >= 0.6 is 0 Å². The third-order valence-corrected chi connectivity index (χ3v) is 2.09. The van der Waals surface area contributed by atoms with E-state index in [1.807, 2.05) is 12.1 Å². The van der Waals surface area contributed by atoms with Gasteiger partial charge in [0.05, 0.1) is 0 Å². The maximum absolute atomic E-state index is 10.7. The van der Waals surface area contributed by atoms with Crippen LogP contribution in [0.3, 0.4) is 0 Å². The highest BCUT2D eigenvalue weighted by Crippen LogP contribution is 2.40. The molecule has 1 fully saturated rings. The molecule has 13 heavy (non-hydrogen) atoms. The van der Waals surface area contributed by atoms with E-state index < -0.39 is 0 Å². The number of esters is 1. The average Bonchev–Trinajstić information content (AvgIpc) is 2.85. The van der Waals surface area contributed by atoms with Gasteiger partial charge in [0.1, 0.15) is 5.75 Å². The summed E-state index contributed by atoms with van der Waals surface area (Å²) in [7, 11) is 0. The minimum absolute atomic E-state index is 0.277. The molecule has 0 atom stereocenters. The first kappa shape index (κ1) is 8.30. The Labute approximate surface area is 77.5 Å². The van der Waals surface area contributed by atoms with Crippen LogP contribution in [0.1, 0.15) is 31.2 Å². The molecule has 0 aromatic heterocycles. The molecule has 0 saturated heterocycles. The summed E-state index contributed by atoms with van der Waals surface area (Å²) in [5.74, 6) is 1.00. The van der Waals surface area contributed by atoms with Gasteiger partial charge >= 0.3 is 5.97 Å². The predicted molar refractivity (Wildman–Crippen MR) is 48.6 cm³/mol. The number of hydrogen-bond donors (Lipinski definition) is 0. The molecule has 67 valence electrons. The molecule has 2 nitrogen and oxygen atoms in total. The minimum Gasteiger partial charge on any atom is -0.427 e. The molecule has 0 amide bonds. The second-order valence-electron chi connectivity index (χ2n) is 3.37. The van der Waals surface area contributed by atoms with Gasteiger partial charge in [0, 0.05) is 6.92 Å². The smallest absolute Gasteiger partial charge is 0.308 e. The Kier molecular flexibility index (Phi) is 2.05. The van der Waals surface area contributed by atoms with Crippen molar-refractivity contribution in [2.75, 3.05) is 0 Å². The van der Waals surface area contributed by atoms with E-state index in [-0.39, 0.29) is 5.97 Å². The zero-order valence-electron chi connectivity index (χ0n) is 7.54. The van der Waals surface area contributed by atoms with E-state index in [1.54, 1.807) is 6.07 Å². The number of carbonyl (C=O) groups is 1. The van der Waals surface area contributed by atoms with Crippen molar-refractivity contribution >= 4 is 5.97 Å². The molecule has 1 aliphatic carbocycles. The van der Waals surface area contributed by atoms with Crippen molar-refractivity contribution in [3.05, 3.63) is 29.8 Å². The quantitative estimate of drug-likeness (QED) is 0.509. The van der Waals surface area contributed by atoms with E-state index >= 15 is 0 Å². The third-order valence-electron chi connectivity index (χ3n) is 2.09. The maximum Gasteiger partial charge on any atom is 0.308 e. The summed E-state index contributed by atoms with van der Waals surface area (Å²) in [5, 5.41) is 0. The normalized spacial score (nSPS) is 15.5. The van der Waals surface area contributed by atoms with Crippen LogP contribution in [-0.4, -0.2) is 5.97 Å². The van der Waals surface area contributed by atoms with Crippen LogP contribution in [0.15, 0.2) is 18.2 Å². The Bertz CT molecular complexity index is 327. The SMILES string of the molecule is CC(=O)Oc1c[c]cc(C2CC2)c1. The second-order valence-corrected chi connectivity index (χ2v) is 3.37. The number of carbonyl (C=O) groups excluding carboxylic acids is 1. The number of hydrogen-bond acceptors (Lipinski definition) is 2. The van der Waals surface area contributed by atoms with Crippen molar-refractivity contribution in [2.45, 2.75) is 25.7 Å². The van der Waals surface area contributed by atoms with Crippen LogP contribution in [0.5, 0.6) is 5.75 Å². The summed E-state index contributed by atoms with van der Waals surface area (Å²) in [4.78, 5) is 10.7. The zero-order valence-corrected chi connectivity index (χ0v) is 7.54. The highest BCUT2D eigenvalue weighted by molar-refractivity contribution is 5.69. The molecule has 0 heterocycles. The topological polar surface area (TPSA) is 26.3 Å². The average molecular weight is 175 g/mol. The van der Waals surface area contributed by atoms with E-state index in [0.717, 1.165) is 0 Å². The van der Waals surface area contributed by atoms with E-state index in [4.69, 9.17) is 4.74 Å². The van der Waals surface area contributed by atoms with Crippen molar-refractivity contribution in [1.29, 1.82) is 0 Å². The van der Waals surface area contributed by atoms with Gasteiger partial charge in [-0.2, -0.15) is 0 Å². The molecule has 0 bridgehead atoms. The van der Waals surface area contributed by atoms with Gasteiger partial charge in [-0.05, 0) is 42.5 Å². The standard InChI is InChI=1S/C11H11O2/c1-8(12)13-11-4-2-3-10(7-11)9-5-6-9/h3-4,7,9H,5-6H2,1H3. The monoisotopic (exact) mass is 175 g/mol. The summed E-state index contributed by atoms with van der Waals surface area (Å²) in [6.45, 7) is 1.41. The molecule has 0 spiro atoms. The van der Waals surface area contributed by atoms with Crippen LogP contribution in [0.4, 0.5) is 0 Å². The maximum atomic E-state index is 10.7. The Balaban J connectivity index is 2.16. The van der Waals surface area contributed by atoms with Crippen LogP contribution < -0.4 is 4.74 Å². The minimum atomic E-state index is -0.277. The Morgan fingerprint density at radius 3 is 2.92 bits per heavy atom. The number of benzene rings is 1. The van der Waals surface area contributed by atoms with Crippen molar-refractivity contribution in [1.82, 2.24) is 0 Å². The Hall–Kier alpha value is -1.31. The van der Waals surface area contributed by atoms with E-state index in [9.17, 15) is 4.79 Å². The van der Waals surface area contributed by atoms with Crippen molar-refractivity contribution in [3.63, 3.8) is 0 Å². The molecule has 1 aromatic rings. The molecule has 0 N–H and O–H groups in total. The molecule has 1 aromatic carbocycles. The fourth-order valence-electron chi connectivity index (χ4n) is 1.34. The summed E-state index contributed by atoms with van der Waals surface area (Å²) >= 11 is 0. The van der Waals surface area contributed by atoms with Gasteiger partial charge < -0.3 is 4.74 Å². The fourth-order valence-corrected chi connectivity index (χ4v) is 1.34. The van der Waals surface area contributed by atoms with E-state index in [1.165, 1.54) is 25.3 Å². The largest absolute Gasteiger partial charge is 0.427 e. The Morgan fingerprint density at radius 1 is 1.54 bits per heavy atom. The number of rotatable bonds is 2. The predicted octanol–water partition coefficient (Wildman–Crippen LogP) is 2.29. The van der Waals surface area contributed by atoms with Crippen molar-refractivity contribution in [2.24, 2.45) is 0 Å². The molecule has 2 rings (SSSR count). The molecule has 0 unspecified atom stereocenters. The molecule has 1 saturated carbocycles. The first-order valence-corrected chi connectivity index (χ1v) is 4.45. The van der Waals surface area contributed by atoms with Gasteiger partial charge in [0.15, 0.2) is 0 Å². The van der Waals surface area contributed by atoms with Gasteiger partial charge in [-0.1, -0.05) is 6.07 Å². The van der Waals surface area contributed by atoms with Crippen LogP contribution in [0, 0.1) is 6.07 Å². The van der Waals surface area contributed by atoms with E-state index in [2.05, 4.69) is 6.07 Å². The molecular formula is C11H11O2. The lowest BCUT2D eigenvalue weighted by Gasteiger charge is -2.02. The molecule has 2 heteroatoms.